The lowest BCUT2D eigenvalue weighted by atomic mass is 10.0. The first-order valence-electron chi connectivity index (χ1n) is 12.1. The second-order valence-electron chi connectivity index (χ2n) is 10.3. The zero-order valence-electron chi connectivity index (χ0n) is 20.6. The average molecular weight is 551 g/mol. The number of carbonyl (C=O) groups excluding carboxylic acids is 2. The third-order valence-electron chi connectivity index (χ3n) is 7.82. The van der Waals surface area contributed by atoms with Gasteiger partial charge in [0.05, 0.1) is 28.0 Å². The van der Waals surface area contributed by atoms with E-state index in [9.17, 15) is 36.4 Å². The summed E-state index contributed by atoms with van der Waals surface area (Å²) in [6, 6.07) is 6.76. The van der Waals surface area contributed by atoms with Crippen molar-refractivity contribution >= 4 is 21.7 Å². The molecular formula is C25H25F3N4O5S. The molecular weight excluding hydrogens is 525 g/mol. The normalized spacial score (nSPS) is 23.5. The van der Waals surface area contributed by atoms with Gasteiger partial charge in [0, 0.05) is 12.1 Å². The van der Waals surface area contributed by atoms with Gasteiger partial charge in [-0.2, -0.15) is 18.4 Å². The van der Waals surface area contributed by atoms with Crippen LogP contribution in [0.25, 0.3) is 11.1 Å². The maximum atomic E-state index is 13.7. The summed E-state index contributed by atoms with van der Waals surface area (Å²) in [6.07, 6.45) is -5.81. The van der Waals surface area contributed by atoms with Crippen molar-refractivity contribution in [1.82, 2.24) is 15.4 Å². The summed E-state index contributed by atoms with van der Waals surface area (Å²) in [5.74, 6) is -1.82. The highest BCUT2D eigenvalue weighted by Crippen LogP contribution is 2.60. The molecule has 1 aliphatic heterocycles. The summed E-state index contributed by atoms with van der Waals surface area (Å²) < 4.78 is 72.9. The molecule has 1 N–H and O–H groups in total. The fourth-order valence-electron chi connectivity index (χ4n) is 5.15. The Hall–Kier alpha value is -3.24. The fraction of sp³-hybridized carbons (Fsp3) is 0.520. The molecule has 0 unspecified atom stereocenters. The van der Waals surface area contributed by atoms with Crippen molar-refractivity contribution in [3.8, 4) is 17.2 Å². The predicted octanol–water partition coefficient (Wildman–Crippen LogP) is 3.22. The number of hydrogen-bond acceptors (Lipinski definition) is 8. The van der Waals surface area contributed by atoms with Gasteiger partial charge in [0.2, 0.25) is 11.8 Å². The summed E-state index contributed by atoms with van der Waals surface area (Å²) in [6.45, 7) is 3.38. The molecule has 1 aromatic heterocycles. The van der Waals surface area contributed by atoms with E-state index in [1.165, 1.54) is 12.1 Å². The van der Waals surface area contributed by atoms with Crippen LogP contribution < -0.4 is 5.32 Å². The maximum absolute atomic E-state index is 13.7. The van der Waals surface area contributed by atoms with Gasteiger partial charge in [-0.25, -0.2) is 8.42 Å². The predicted molar refractivity (Wildman–Crippen MR) is 126 cm³/mol. The molecule has 0 spiro atoms. The van der Waals surface area contributed by atoms with Crippen LogP contribution in [0.2, 0.25) is 0 Å². The van der Waals surface area contributed by atoms with Crippen LogP contribution in [-0.2, 0) is 19.4 Å². The molecule has 0 bridgehead atoms. The zero-order chi connectivity index (χ0) is 27.7. The van der Waals surface area contributed by atoms with Gasteiger partial charge in [0.1, 0.15) is 16.7 Å². The van der Waals surface area contributed by atoms with Crippen molar-refractivity contribution < 1.29 is 35.7 Å². The Labute approximate surface area is 216 Å². The summed E-state index contributed by atoms with van der Waals surface area (Å²) in [5, 5.41) is 15.2. The lowest BCUT2D eigenvalue weighted by Crippen LogP contribution is -2.56. The van der Waals surface area contributed by atoms with Gasteiger partial charge in [0.25, 0.3) is 0 Å². The molecule has 202 valence electrons. The smallest absolute Gasteiger partial charge is 0.361 e. The first-order valence-corrected chi connectivity index (χ1v) is 13.7. The first-order chi connectivity index (χ1) is 17.8. The number of aromatic nitrogens is 1. The van der Waals surface area contributed by atoms with Crippen LogP contribution in [0.4, 0.5) is 13.2 Å². The van der Waals surface area contributed by atoms with Gasteiger partial charge in [0.15, 0.2) is 9.84 Å². The fourth-order valence-corrected chi connectivity index (χ4v) is 6.81. The highest BCUT2D eigenvalue weighted by atomic mass is 32.2. The van der Waals surface area contributed by atoms with Gasteiger partial charge < -0.3 is 9.84 Å². The molecule has 0 radical (unpaired) electrons. The number of amides is 2. The molecule has 1 saturated heterocycles. The Morgan fingerprint density at radius 2 is 1.79 bits per heavy atom. The van der Waals surface area contributed by atoms with Gasteiger partial charge >= 0.3 is 6.18 Å². The Balaban J connectivity index is 1.36. The number of nitrogens with zero attached hydrogens (tertiary/aromatic N) is 3. The van der Waals surface area contributed by atoms with Gasteiger partial charge in [-0.1, -0.05) is 17.3 Å². The Morgan fingerprint density at radius 3 is 2.26 bits per heavy atom. The Kier molecular flexibility index (Phi) is 6.00. The van der Waals surface area contributed by atoms with Crippen LogP contribution in [0, 0.1) is 30.6 Å². The Morgan fingerprint density at radius 1 is 1.16 bits per heavy atom. The number of rotatable bonds is 6. The number of sulfone groups is 1. The van der Waals surface area contributed by atoms with Crippen LogP contribution in [0.1, 0.15) is 43.6 Å². The number of benzene rings is 1. The van der Waals surface area contributed by atoms with Gasteiger partial charge in [-0.3, -0.25) is 14.5 Å². The average Bonchev–Trinajstić information content (AvgIpc) is 3.77. The number of nitriles is 1. The number of halogens is 3. The Bertz CT molecular complexity index is 1430. The van der Waals surface area contributed by atoms with Crippen molar-refractivity contribution in [1.29, 1.82) is 5.26 Å². The molecule has 9 nitrogen and oxygen atoms in total. The molecule has 13 heteroatoms. The largest absolute Gasteiger partial charge is 0.403 e. The van der Waals surface area contributed by atoms with Crippen LogP contribution in [0.15, 0.2) is 33.7 Å². The number of hydrogen-bond donors (Lipinski definition) is 1. The van der Waals surface area contributed by atoms with Gasteiger partial charge in [-0.15, -0.1) is 0 Å². The van der Waals surface area contributed by atoms with E-state index in [-0.39, 0.29) is 30.7 Å². The number of alkyl halides is 3. The topological polar surface area (TPSA) is 133 Å². The molecule has 5 rings (SSSR count). The number of imide groups is 1. The lowest BCUT2D eigenvalue weighted by molar-refractivity contribution is -0.200. The summed E-state index contributed by atoms with van der Waals surface area (Å²) >= 11 is 0. The second-order valence-corrected chi connectivity index (χ2v) is 12.5. The van der Waals surface area contributed by atoms with E-state index < -0.39 is 62.9 Å². The SMILES string of the molecule is Cc1noc(C)c1-c1ccc(S(=O)(=O)[C@H]2CN[C@H](C(=O)N(C(=O)C3(C(F)(F)F)CC3)C3(C#N)CC3)C2)cc1. The van der Waals surface area contributed by atoms with Crippen molar-refractivity contribution in [3.63, 3.8) is 0 Å². The van der Waals surface area contributed by atoms with Crippen LogP contribution >= 0.6 is 0 Å². The van der Waals surface area contributed by atoms with Crippen molar-refractivity contribution in [2.45, 2.75) is 73.9 Å². The van der Waals surface area contributed by atoms with Crippen LogP contribution in [0.5, 0.6) is 0 Å². The molecule has 38 heavy (non-hydrogen) atoms. The highest BCUT2D eigenvalue weighted by molar-refractivity contribution is 7.92. The molecule has 3 aliphatic rings. The van der Waals surface area contributed by atoms with E-state index in [4.69, 9.17) is 4.52 Å². The van der Waals surface area contributed by atoms with E-state index in [1.807, 2.05) is 6.07 Å². The lowest BCUT2D eigenvalue weighted by Gasteiger charge is -2.32. The quantitative estimate of drug-likeness (QED) is 0.542. The minimum absolute atomic E-state index is 0.0190. The molecule has 2 aliphatic carbocycles. The van der Waals surface area contributed by atoms with Crippen molar-refractivity contribution in [2.75, 3.05) is 6.54 Å². The van der Waals surface area contributed by atoms with Crippen molar-refractivity contribution in [2.24, 2.45) is 5.41 Å². The number of nitrogens with one attached hydrogen (secondary N) is 1. The standard InChI is InChI=1S/C25H25F3N4O5S/c1-14-20(15(2)37-31-14)16-3-5-17(6-4-16)38(35,36)18-11-19(30-12-18)21(33)32(23(13-29)7-8-23)22(34)24(9-10-24)25(26,27)28/h3-6,18-19,30H,7-12H2,1-2H3/t18-,19+/m1/s1. The van der Waals surface area contributed by atoms with E-state index in [2.05, 4.69) is 10.5 Å². The summed E-state index contributed by atoms with van der Waals surface area (Å²) in [5.41, 5.74) is -2.16. The van der Waals surface area contributed by atoms with Gasteiger partial charge in [-0.05, 0) is 63.6 Å². The van der Waals surface area contributed by atoms with E-state index in [0.29, 0.717) is 16.4 Å². The molecule has 2 amide bonds. The third kappa shape index (κ3) is 4.01. The van der Waals surface area contributed by atoms with E-state index >= 15 is 0 Å². The molecule has 2 aromatic rings. The van der Waals surface area contributed by atoms with E-state index in [0.717, 1.165) is 11.1 Å². The number of carbonyl (C=O) groups is 2. The summed E-state index contributed by atoms with van der Waals surface area (Å²) in [7, 11) is -3.92. The zero-order valence-corrected chi connectivity index (χ0v) is 21.4. The first kappa shape index (κ1) is 26.4. The minimum atomic E-state index is -4.85. The molecule has 2 atom stereocenters. The molecule has 3 fully saturated rings. The molecule has 1 aromatic carbocycles. The van der Waals surface area contributed by atoms with Crippen LogP contribution in [0.3, 0.4) is 0 Å². The highest BCUT2D eigenvalue weighted by Gasteiger charge is 2.72. The monoisotopic (exact) mass is 550 g/mol. The number of aryl methyl sites for hydroxylation is 2. The third-order valence-corrected chi connectivity index (χ3v) is 9.98. The van der Waals surface area contributed by atoms with E-state index in [1.54, 1.807) is 26.0 Å². The maximum Gasteiger partial charge on any atom is 0.403 e. The molecule has 2 saturated carbocycles. The van der Waals surface area contributed by atoms with Crippen molar-refractivity contribution in [3.05, 3.63) is 35.7 Å². The summed E-state index contributed by atoms with van der Waals surface area (Å²) in [4.78, 5) is 27.0. The minimum Gasteiger partial charge on any atom is -0.361 e. The molecule has 2 heterocycles. The van der Waals surface area contributed by atoms with Crippen LogP contribution in [-0.4, -0.2) is 59.8 Å². The second kappa shape index (κ2) is 8.64.